The first-order chi connectivity index (χ1) is 13.6. The summed E-state index contributed by atoms with van der Waals surface area (Å²) in [6, 6.07) is 9.90. The summed E-state index contributed by atoms with van der Waals surface area (Å²) >= 11 is 0. The number of benzene rings is 2. The maximum Gasteiger partial charge on any atom is 0.268 e. The number of alkyl halides is 2. The van der Waals surface area contributed by atoms with E-state index < -0.39 is 6.43 Å². The summed E-state index contributed by atoms with van der Waals surface area (Å²) in [4.78, 5) is 2.29. The van der Waals surface area contributed by atoms with Crippen LogP contribution in [-0.4, -0.2) is 17.5 Å². The van der Waals surface area contributed by atoms with Crippen molar-refractivity contribution in [2.24, 2.45) is 5.92 Å². The van der Waals surface area contributed by atoms with Gasteiger partial charge in [-0.15, -0.1) is 0 Å². The van der Waals surface area contributed by atoms with Gasteiger partial charge in [0.25, 0.3) is 6.43 Å². The molecule has 2 aliphatic rings. The summed E-state index contributed by atoms with van der Waals surface area (Å²) in [6.45, 7) is 5.35. The zero-order valence-corrected chi connectivity index (χ0v) is 16.7. The highest BCUT2D eigenvalue weighted by Crippen LogP contribution is 2.39. The van der Waals surface area contributed by atoms with E-state index in [2.05, 4.69) is 37.1 Å². The van der Waals surface area contributed by atoms with Crippen molar-refractivity contribution in [3.8, 4) is 5.75 Å². The Kier molecular flexibility index (Phi) is 5.56. The second kappa shape index (κ2) is 8.10. The molecule has 2 aromatic carbocycles. The second-order valence-corrected chi connectivity index (χ2v) is 8.26. The van der Waals surface area contributed by atoms with Crippen LogP contribution in [0.25, 0.3) is 10.8 Å². The number of ether oxygens (including phenoxy) is 1. The van der Waals surface area contributed by atoms with Crippen molar-refractivity contribution in [1.82, 2.24) is 4.90 Å². The molecule has 1 atom stereocenters. The molecule has 1 unspecified atom stereocenters. The fraction of sp³-hybridized carbons (Fsp3) is 0.500. The van der Waals surface area contributed by atoms with Crippen LogP contribution in [-0.2, 0) is 0 Å². The molecule has 0 amide bonds. The Morgan fingerprint density at radius 2 is 1.86 bits per heavy atom. The predicted octanol–water partition coefficient (Wildman–Crippen LogP) is 7.02. The molecular formula is C24H29F2NO. The van der Waals surface area contributed by atoms with Crippen molar-refractivity contribution in [3.05, 3.63) is 53.7 Å². The molecule has 1 fully saturated rings. The van der Waals surface area contributed by atoms with E-state index in [1.807, 2.05) is 18.2 Å². The minimum atomic E-state index is -2.55. The summed E-state index contributed by atoms with van der Waals surface area (Å²) in [5, 5.41) is 1.47. The third kappa shape index (κ3) is 3.74. The second-order valence-electron chi connectivity index (χ2n) is 8.26. The van der Waals surface area contributed by atoms with E-state index in [4.69, 9.17) is 4.74 Å². The van der Waals surface area contributed by atoms with Gasteiger partial charge in [-0.2, -0.15) is 0 Å². The summed E-state index contributed by atoms with van der Waals surface area (Å²) in [5.74, 6) is 1.06. The molecule has 2 aromatic rings. The van der Waals surface area contributed by atoms with Crippen LogP contribution in [0.5, 0.6) is 5.75 Å². The lowest BCUT2D eigenvalue weighted by atomic mass is 9.89. The van der Waals surface area contributed by atoms with E-state index in [0.717, 1.165) is 44.0 Å². The van der Waals surface area contributed by atoms with E-state index >= 15 is 0 Å². The minimum Gasteiger partial charge on any atom is -0.490 e. The molecule has 4 heteroatoms. The van der Waals surface area contributed by atoms with Crippen LogP contribution < -0.4 is 4.74 Å². The Morgan fingerprint density at radius 1 is 1.11 bits per heavy atom. The lowest BCUT2D eigenvalue weighted by molar-refractivity contribution is 0.116. The number of rotatable bonds is 6. The van der Waals surface area contributed by atoms with Gasteiger partial charge in [0.15, 0.2) is 0 Å². The van der Waals surface area contributed by atoms with Gasteiger partial charge in [-0.1, -0.05) is 32.0 Å². The first kappa shape index (κ1) is 19.2. The highest BCUT2D eigenvalue weighted by molar-refractivity contribution is 5.88. The highest BCUT2D eigenvalue weighted by atomic mass is 19.3. The smallest absolute Gasteiger partial charge is 0.268 e. The van der Waals surface area contributed by atoms with Gasteiger partial charge >= 0.3 is 0 Å². The summed E-state index contributed by atoms with van der Waals surface area (Å²) in [5.41, 5.74) is 1.22. The van der Waals surface area contributed by atoms with Crippen molar-refractivity contribution >= 4 is 10.8 Å². The Bertz CT molecular complexity index is 855. The van der Waals surface area contributed by atoms with Crippen LogP contribution in [0, 0.1) is 5.92 Å². The highest BCUT2D eigenvalue weighted by Gasteiger charge is 2.25. The van der Waals surface area contributed by atoms with Crippen molar-refractivity contribution in [2.75, 3.05) is 6.54 Å². The van der Waals surface area contributed by atoms with Crippen LogP contribution in [0.15, 0.2) is 42.6 Å². The molecule has 0 saturated heterocycles. The van der Waals surface area contributed by atoms with Crippen LogP contribution in [0.1, 0.15) is 69.5 Å². The normalized spacial score (nSPS) is 23.1. The van der Waals surface area contributed by atoms with Crippen molar-refractivity contribution < 1.29 is 13.5 Å². The molecular weight excluding hydrogens is 356 g/mol. The van der Waals surface area contributed by atoms with Gasteiger partial charge in [-0.05, 0) is 78.8 Å². The molecule has 0 aromatic heterocycles. The lowest BCUT2D eigenvalue weighted by Gasteiger charge is -2.34. The molecule has 1 aliphatic carbocycles. The topological polar surface area (TPSA) is 12.5 Å². The zero-order valence-electron chi connectivity index (χ0n) is 16.7. The number of hydrogen-bond acceptors (Lipinski definition) is 2. The van der Waals surface area contributed by atoms with Gasteiger partial charge in [0.05, 0.1) is 17.7 Å². The molecule has 1 aliphatic heterocycles. The third-order valence-corrected chi connectivity index (χ3v) is 6.31. The molecule has 0 radical (unpaired) electrons. The Morgan fingerprint density at radius 3 is 2.46 bits per heavy atom. The Hall–Kier alpha value is -2.10. The monoisotopic (exact) mass is 385 g/mol. The molecule has 0 bridgehead atoms. The molecule has 1 heterocycles. The summed E-state index contributed by atoms with van der Waals surface area (Å²) < 4.78 is 34.1. The van der Waals surface area contributed by atoms with Crippen LogP contribution >= 0.6 is 0 Å². The SMILES string of the molecule is CCC(c1ccc2c(C(F)F)c(OC3CCC(C)CC3)ccc2c1)N1C=CC1. The molecule has 1 saturated carbocycles. The van der Waals surface area contributed by atoms with Crippen molar-refractivity contribution in [1.29, 1.82) is 0 Å². The summed E-state index contributed by atoms with van der Waals surface area (Å²) in [7, 11) is 0. The average Bonchev–Trinajstić information content (AvgIpc) is 2.65. The fourth-order valence-corrected chi connectivity index (χ4v) is 4.53. The van der Waals surface area contributed by atoms with Gasteiger partial charge in [0, 0.05) is 6.54 Å². The van der Waals surface area contributed by atoms with E-state index in [1.54, 1.807) is 6.07 Å². The van der Waals surface area contributed by atoms with Crippen LogP contribution in [0.3, 0.4) is 0 Å². The van der Waals surface area contributed by atoms with Crippen molar-refractivity contribution in [2.45, 2.75) is 64.5 Å². The lowest BCUT2D eigenvalue weighted by Crippen LogP contribution is -2.29. The number of fused-ring (bicyclic) bond motifs is 1. The largest absolute Gasteiger partial charge is 0.490 e. The standard InChI is InChI=1S/C24H29F2NO/c1-3-21(27-13-4-14-27)18-7-11-20-17(15-18)8-12-22(23(20)24(25)26)28-19-9-5-16(2)6-10-19/h4,7-8,11-13,15-16,19,21,24H,3,5-6,9-10,14H2,1-2H3. The Balaban J connectivity index is 1.65. The maximum atomic E-state index is 14.0. The van der Waals surface area contributed by atoms with Gasteiger partial charge in [-0.3, -0.25) is 0 Å². The fourth-order valence-electron chi connectivity index (χ4n) is 4.53. The van der Waals surface area contributed by atoms with E-state index in [9.17, 15) is 8.78 Å². The quantitative estimate of drug-likeness (QED) is 0.530. The van der Waals surface area contributed by atoms with Gasteiger partial charge in [-0.25, -0.2) is 8.78 Å². The molecule has 28 heavy (non-hydrogen) atoms. The number of hydrogen-bond donors (Lipinski definition) is 0. The first-order valence-corrected chi connectivity index (χ1v) is 10.5. The van der Waals surface area contributed by atoms with Crippen molar-refractivity contribution in [3.63, 3.8) is 0 Å². The van der Waals surface area contributed by atoms with Crippen LogP contribution in [0.2, 0.25) is 0 Å². The van der Waals surface area contributed by atoms with Gasteiger partial charge in [0.2, 0.25) is 0 Å². The predicted molar refractivity (Wildman–Crippen MR) is 110 cm³/mol. The zero-order chi connectivity index (χ0) is 19.7. The number of halogens is 2. The summed E-state index contributed by atoms with van der Waals surface area (Å²) in [6.07, 6.45) is 6.83. The Labute approximate surface area is 166 Å². The molecule has 2 nitrogen and oxygen atoms in total. The third-order valence-electron chi connectivity index (χ3n) is 6.31. The van der Waals surface area contributed by atoms with E-state index in [-0.39, 0.29) is 11.7 Å². The van der Waals surface area contributed by atoms with E-state index in [0.29, 0.717) is 23.1 Å². The molecule has 0 spiro atoms. The maximum absolute atomic E-state index is 14.0. The first-order valence-electron chi connectivity index (χ1n) is 10.5. The van der Waals surface area contributed by atoms with Gasteiger partial charge < -0.3 is 9.64 Å². The van der Waals surface area contributed by atoms with E-state index in [1.165, 1.54) is 5.56 Å². The van der Waals surface area contributed by atoms with Gasteiger partial charge in [0.1, 0.15) is 5.75 Å². The average molecular weight is 385 g/mol. The molecule has 150 valence electrons. The van der Waals surface area contributed by atoms with Crippen LogP contribution in [0.4, 0.5) is 8.78 Å². The molecule has 4 rings (SSSR count). The molecule has 0 N–H and O–H groups in total. The number of nitrogens with zero attached hydrogens (tertiary/aromatic N) is 1. The minimum absolute atomic E-state index is 0.0413.